The van der Waals surface area contributed by atoms with E-state index in [1.54, 1.807) is 0 Å². The van der Waals surface area contributed by atoms with Gasteiger partial charge in [-0.25, -0.2) is 4.98 Å². The van der Waals surface area contributed by atoms with Gasteiger partial charge < -0.3 is 0 Å². The molecule has 0 saturated carbocycles. The molecule has 0 bridgehead atoms. The Bertz CT molecular complexity index is 1080. The van der Waals surface area contributed by atoms with Crippen LogP contribution in [0.4, 0.5) is 5.69 Å². The summed E-state index contributed by atoms with van der Waals surface area (Å²) in [6.07, 6.45) is 6.48. The van der Waals surface area contributed by atoms with Crippen molar-refractivity contribution in [3.63, 3.8) is 0 Å². The van der Waals surface area contributed by atoms with Crippen LogP contribution in [0.1, 0.15) is 32.4 Å². The molecule has 0 radical (unpaired) electrons. The molecule has 1 aromatic heterocycles. The minimum atomic E-state index is 0.873. The largest absolute Gasteiger partial charge is 0.253 e. The van der Waals surface area contributed by atoms with Crippen molar-refractivity contribution in [1.82, 2.24) is 4.98 Å². The highest BCUT2D eigenvalue weighted by Crippen LogP contribution is 2.41. The first-order chi connectivity index (χ1) is 13.2. The van der Waals surface area contributed by atoms with Crippen LogP contribution in [0.25, 0.3) is 10.9 Å². The minimum absolute atomic E-state index is 0.873. The van der Waals surface area contributed by atoms with Gasteiger partial charge in [0.05, 0.1) is 23.1 Å². The average molecular weight is 371 g/mol. The lowest BCUT2D eigenvalue weighted by Gasteiger charge is -2.17. The van der Waals surface area contributed by atoms with Crippen molar-refractivity contribution in [2.45, 2.75) is 31.6 Å². The average Bonchev–Trinajstić information content (AvgIpc) is 2.70. The van der Waals surface area contributed by atoms with E-state index in [1.807, 2.05) is 48.3 Å². The summed E-state index contributed by atoms with van der Waals surface area (Å²) in [7, 11) is 0. The number of hydrogen-bond acceptors (Lipinski definition) is 3. The molecule has 4 rings (SSSR count). The highest BCUT2D eigenvalue weighted by Gasteiger charge is 2.13. The van der Waals surface area contributed by atoms with Crippen molar-refractivity contribution in [1.29, 1.82) is 0 Å². The molecule has 0 N–H and O–H groups in total. The number of fused-ring (bicyclic) bond motifs is 1. The number of rotatable bonds is 4. The summed E-state index contributed by atoms with van der Waals surface area (Å²) in [4.78, 5) is 12.0. The molecular formula is C24H22N2S. The molecule has 3 heteroatoms. The number of benzene rings is 2. The summed E-state index contributed by atoms with van der Waals surface area (Å²) in [5.74, 6) is 0. The van der Waals surface area contributed by atoms with E-state index in [0.29, 0.717) is 0 Å². The molecule has 0 aliphatic heterocycles. The third-order valence-electron chi connectivity index (χ3n) is 4.75. The number of pyridine rings is 1. The summed E-state index contributed by atoms with van der Waals surface area (Å²) in [5, 5.41) is 1.15. The highest BCUT2D eigenvalue weighted by molar-refractivity contribution is 8.03. The van der Waals surface area contributed by atoms with Crippen molar-refractivity contribution in [3.05, 3.63) is 88.5 Å². The van der Waals surface area contributed by atoms with Gasteiger partial charge in [0.25, 0.3) is 0 Å². The molecule has 2 nitrogen and oxygen atoms in total. The lowest BCUT2D eigenvalue weighted by Crippen LogP contribution is -1.94. The van der Waals surface area contributed by atoms with Gasteiger partial charge in [0, 0.05) is 15.2 Å². The second-order valence-electron chi connectivity index (χ2n) is 6.79. The molecule has 1 heterocycles. The second-order valence-corrected chi connectivity index (χ2v) is 7.84. The Hall–Kier alpha value is -2.65. The molecule has 0 unspecified atom stereocenters. The predicted octanol–water partition coefficient (Wildman–Crippen LogP) is 7.09. The van der Waals surface area contributed by atoms with Crippen molar-refractivity contribution in [3.8, 4) is 0 Å². The van der Waals surface area contributed by atoms with Crippen LogP contribution in [0.15, 0.2) is 92.7 Å². The van der Waals surface area contributed by atoms with Crippen LogP contribution in [0.5, 0.6) is 0 Å². The van der Waals surface area contributed by atoms with Gasteiger partial charge in [-0.3, -0.25) is 4.99 Å². The number of para-hydroxylation sites is 2. The summed E-state index contributed by atoms with van der Waals surface area (Å²) in [6, 6.07) is 20.6. The van der Waals surface area contributed by atoms with Gasteiger partial charge in [-0.05, 0) is 56.5 Å². The maximum Gasteiger partial charge on any atom is 0.0820 e. The lowest BCUT2D eigenvalue weighted by atomic mass is 10.0. The Morgan fingerprint density at radius 1 is 0.963 bits per heavy atom. The molecule has 134 valence electrons. The van der Waals surface area contributed by atoms with E-state index in [0.717, 1.165) is 35.1 Å². The molecule has 27 heavy (non-hydrogen) atoms. The van der Waals surface area contributed by atoms with Gasteiger partial charge in [0.2, 0.25) is 0 Å². The van der Waals surface area contributed by atoms with Crippen molar-refractivity contribution in [2.75, 3.05) is 0 Å². The van der Waals surface area contributed by atoms with E-state index in [9.17, 15) is 0 Å². The van der Waals surface area contributed by atoms with Crippen LogP contribution in [0, 0.1) is 0 Å². The van der Waals surface area contributed by atoms with Crippen LogP contribution in [0.3, 0.4) is 0 Å². The summed E-state index contributed by atoms with van der Waals surface area (Å²) < 4.78 is 0. The van der Waals surface area contributed by atoms with Gasteiger partial charge in [0.1, 0.15) is 0 Å². The van der Waals surface area contributed by atoms with Crippen LogP contribution in [-0.2, 0) is 0 Å². The van der Waals surface area contributed by atoms with Crippen LogP contribution in [-0.4, -0.2) is 11.2 Å². The van der Waals surface area contributed by atoms with E-state index in [4.69, 9.17) is 4.99 Å². The van der Waals surface area contributed by atoms with E-state index in [-0.39, 0.29) is 0 Å². The summed E-state index contributed by atoms with van der Waals surface area (Å²) >= 11 is 1.82. The summed E-state index contributed by atoms with van der Waals surface area (Å²) in [5.41, 5.74) is 5.69. The zero-order valence-corrected chi connectivity index (χ0v) is 16.5. The molecule has 0 spiro atoms. The van der Waals surface area contributed by atoms with E-state index < -0.39 is 0 Å². The number of aliphatic imine (C=N–C) groups is 1. The van der Waals surface area contributed by atoms with Crippen LogP contribution < -0.4 is 0 Å². The molecule has 0 fully saturated rings. The number of nitrogens with zero attached hydrogens (tertiary/aromatic N) is 2. The molecule has 0 amide bonds. The van der Waals surface area contributed by atoms with Gasteiger partial charge in [-0.15, -0.1) is 0 Å². The number of thioether (sulfide) groups is 1. The van der Waals surface area contributed by atoms with Crippen LogP contribution >= 0.6 is 11.8 Å². The fraction of sp³-hybridized carbons (Fsp3) is 0.167. The zero-order chi connectivity index (χ0) is 18.6. The maximum atomic E-state index is 4.75. The summed E-state index contributed by atoms with van der Waals surface area (Å²) in [6.45, 7) is 4.44. The van der Waals surface area contributed by atoms with E-state index >= 15 is 0 Å². The van der Waals surface area contributed by atoms with Gasteiger partial charge in [-0.1, -0.05) is 59.8 Å². The van der Waals surface area contributed by atoms with Gasteiger partial charge in [0.15, 0.2) is 0 Å². The number of aromatic nitrogens is 1. The Labute approximate surface area is 164 Å². The first-order valence-corrected chi connectivity index (χ1v) is 10.1. The third-order valence-corrected chi connectivity index (χ3v) is 6.19. The smallest absolute Gasteiger partial charge is 0.0820 e. The molecule has 1 aliphatic carbocycles. The third kappa shape index (κ3) is 4.04. The lowest BCUT2D eigenvalue weighted by molar-refractivity contribution is 0.940. The first kappa shape index (κ1) is 17.7. The van der Waals surface area contributed by atoms with Crippen molar-refractivity contribution < 1.29 is 0 Å². The second kappa shape index (κ2) is 7.93. The predicted molar refractivity (Wildman–Crippen MR) is 117 cm³/mol. The topological polar surface area (TPSA) is 25.2 Å². The Kier molecular flexibility index (Phi) is 5.21. The Balaban J connectivity index is 1.62. The quantitative estimate of drug-likeness (QED) is 0.458. The van der Waals surface area contributed by atoms with Gasteiger partial charge >= 0.3 is 0 Å². The minimum Gasteiger partial charge on any atom is -0.253 e. The van der Waals surface area contributed by atoms with E-state index in [2.05, 4.69) is 55.2 Å². The van der Waals surface area contributed by atoms with Crippen molar-refractivity contribution in [2.24, 2.45) is 4.99 Å². The maximum absolute atomic E-state index is 4.75. The first-order valence-electron chi connectivity index (χ1n) is 9.24. The monoisotopic (exact) mass is 370 g/mol. The SMILES string of the molecule is CC1=CCCC(C)=C1Sc1ccccc1N=Cc1ccc2ccccc2n1. The standard InChI is InChI=1S/C24H22N2S/c1-17-8-7-9-18(2)24(17)27-23-13-6-5-12-22(23)25-16-20-15-14-19-10-3-4-11-21(19)26-20/h3-6,8,10-16H,7,9H2,1-2H3. The molecular weight excluding hydrogens is 348 g/mol. The molecule has 1 aliphatic rings. The molecule has 3 aromatic rings. The number of hydrogen-bond donors (Lipinski definition) is 0. The van der Waals surface area contributed by atoms with E-state index in [1.165, 1.54) is 20.9 Å². The van der Waals surface area contributed by atoms with Crippen molar-refractivity contribution >= 4 is 34.6 Å². The fourth-order valence-electron chi connectivity index (χ4n) is 3.27. The normalized spacial score (nSPS) is 14.8. The zero-order valence-electron chi connectivity index (χ0n) is 15.6. The number of allylic oxidation sites excluding steroid dienone is 3. The fourth-order valence-corrected chi connectivity index (χ4v) is 4.38. The Morgan fingerprint density at radius 2 is 1.78 bits per heavy atom. The molecule has 0 atom stereocenters. The Morgan fingerprint density at radius 3 is 2.67 bits per heavy atom. The molecule has 2 aromatic carbocycles. The van der Waals surface area contributed by atoms with Crippen LogP contribution in [0.2, 0.25) is 0 Å². The highest BCUT2D eigenvalue weighted by atomic mass is 32.2. The van der Waals surface area contributed by atoms with Gasteiger partial charge in [-0.2, -0.15) is 0 Å². The molecule has 0 saturated heterocycles.